The van der Waals surface area contributed by atoms with Gasteiger partial charge in [-0.25, -0.2) is 0 Å². The van der Waals surface area contributed by atoms with Crippen molar-refractivity contribution in [2.75, 3.05) is 13.6 Å². The average molecular weight is 190 g/mol. The molecule has 1 heterocycles. The maximum absolute atomic E-state index is 5.55. The van der Waals surface area contributed by atoms with Crippen molar-refractivity contribution in [3.63, 3.8) is 0 Å². The van der Waals surface area contributed by atoms with Crippen LogP contribution in [-0.2, 0) is 4.74 Å². The molecule has 0 bridgehead atoms. The zero-order chi connectivity index (χ0) is 9.97. The van der Waals surface area contributed by atoms with Gasteiger partial charge in [-0.05, 0) is 19.1 Å². The van der Waals surface area contributed by atoms with Gasteiger partial charge in [0.1, 0.15) is 6.10 Å². The van der Waals surface area contributed by atoms with Crippen LogP contribution in [0.4, 0.5) is 5.69 Å². The second-order valence-electron chi connectivity index (χ2n) is 3.54. The molecule has 1 aliphatic rings. The first-order valence-corrected chi connectivity index (χ1v) is 4.77. The Morgan fingerprint density at radius 3 is 2.64 bits per heavy atom. The van der Waals surface area contributed by atoms with Gasteiger partial charge in [0.2, 0.25) is 0 Å². The molecule has 1 aromatic rings. The standard InChI is InChI=1S/C11H14N2O/c1-9-8-13(2)11(14-9)12-10-6-4-3-5-7-10/h3-7,9H,8H2,1-2H3. The third-order valence-electron chi connectivity index (χ3n) is 2.15. The number of amidine groups is 1. The molecule has 0 saturated carbocycles. The van der Waals surface area contributed by atoms with Crippen LogP contribution >= 0.6 is 0 Å². The van der Waals surface area contributed by atoms with Crippen LogP contribution in [0.25, 0.3) is 0 Å². The molecule has 74 valence electrons. The Hall–Kier alpha value is -1.51. The van der Waals surface area contributed by atoms with E-state index in [0.717, 1.165) is 12.2 Å². The molecule has 1 saturated heterocycles. The largest absolute Gasteiger partial charge is 0.460 e. The van der Waals surface area contributed by atoms with Crippen LogP contribution in [0.1, 0.15) is 6.92 Å². The first kappa shape index (κ1) is 9.06. The lowest BCUT2D eigenvalue weighted by Gasteiger charge is -2.06. The van der Waals surface area contributed by atoms with Crippen molar-refractivity contribution in [3.05, 3.63) is 30.3 Å². The first-order valence-electron chi connectivity index (χ1n) is 4.77. The van der Waals surface area contributed by atoms with E-state index in [-0.39, 0.29) is 6.10 Å². The molecule has 1 fully saturated rings. The summed E-state index contributed by atoms with van der Waals surface area (Å²) in [6.45, 7) is 2.95. The number of ether oxygens (including phenoxy) is 1. The highest BCUT2D eigenvalue weighted by atomic mass is 16.5. The number of aliphatic imine (C=N–C) groups is 1. The van der Waals surface area contributed by atoms with Gasteiger partial charge in [0, 0.05) is 7.05 Å². The number of rotatable bonds is 1. The lowest BCUT2D eigenvalue weighted by atomic mass is 10.3. The topological polar surface area (TPSA) is 24.8 Å². The van der Waals surface area contributed by atoms with Crippen LogP contribution in [0.5, 0.6) is 0 Å². The van der Waals surface area contributed by atoms with E-state index in [4.69, 9.17) is 4.74 Å². The van der Waals surface area contributed by atoms with Crippen molar-refractivity contribution in [3.8, 4) is 0 Å². The van der Waals surface area contributed by atoms with E-state index in [1.165, 1.54) is 0 Å². The Morgan fingerprint density at radius 1 is 1.36 bits per heavy atom. The Balaban J connectivity index is 2.19. The second kappa shape index (κ2) is 3.70. The van der Waals surface area contributed by atoms with Crippen molar-refractivity contribution in [2.45, 2.75) is 13.0 Å². The van der Waals surface area contributed by atoms with Gasteiger partial charge in [0.15, 0.2) is 0 Å². The van der Waals surface area contributed by atoms with Crippen molar-refractivity contribution in [1.82, 2.24) is 4.90 Å². The molecule has 3 nitrogen and oxygen atoms in total. The van der Waals surface area contributed by atoms with Crippen LogP contribution in [0.2, 0.25) is 0 Å². The summed E-state index contributed by atoms with van der Waals surface area (Å²) < 4.78 is 5.55. The van der Waals surface area contributed by atoms with Crippen LogP contribution in [0.15, 0.2) is 35.3 Å². The number of para-hydroxylation sites is 1. The summed E-state index contributed by atoms with van der Waals surface area (Å²) in [6, 6.07) is 10.6. The van der Waals surface area contributed by atoms with Crippen molar-refractivity contribution >= 4 is 11.7 Å². The maximum atomic E-state index is 5.55. The van der Waals surface area contributed by atoms with E-state index in [1.54, 1.807) is 0 Å². The minimum atomic E-state index is 0.238. The fourth-order valence-corrected chi connectivity index (χ4v) is 1.50. The summed E-state index contributed by atoms with van der Waals surface area (Å²) in [7, 11) is 1.99. The Labute approximate surface area is 84.0 Å². The molecular weight excluding hydrogens is 176 g/mol. The Morgan fingerprint density at radius 2 is 2.07 bits per heavy atom. The number of likely N-dealkylation sites (N-methyl/N-ethyl adjacent to an activating group) is 1. The molecule has 0 N–H and O–H groups in total. The predicted molar refractivity (Wildman–Crippen MR) is 56.7 cm³/mol. The van der Waals surface area contributed by atoms with E-state index in [1.807, 2.05) is 49.2 Å². The van der Waals surface area contributed by atoms with Gasteiger partial charge >= 0.3 is 0 Å². The molecule has 2 rings (SSSR count). The molecule has 1 unspecified atom stereocenters. The van der Waals surface area contributed by atoms with Crippen molar-refractivity contribution < 1.29 is 4.74 Å². The SMILES string of the molecule is CC1CN(C)C(=Nc2ccccc2)O1. The van der Waals surface area contributed by atoms with E-state index in [2.05, 4.69) is 4.99 Å². The number of nitrogens with zero attached hydrogens (tertiary/aromatic N) is 2. The highest BCUT2D eigenvalue weighted by Gasteiger charge is 2.22. The Bertz CT molecular complexity index is 334. The summed E-state index contributed by atoms with van der Waals surface area (Å²) >= 11 is 0. The minimum absolute atomic E-state index is 0.238. The van der Waals surface area contributed by atoms with Crippen LogP contribution < -0.4 is 0 Å². The van der Waals surface area contributed by atoms with Gasteiger partial charge < -0.3 is 9.64 Å². The van der Waals surface area contributed by atoms with Gasteiger partial charge in [0.05, 0.1) is 12.2 Å². The van der Waals surface area contributed by atoms with Crippen LogP contribution in [0.3, 0.4) is 0 Å². The van der Waals surface area contributed by atoms with E-state index in [9.17, 15) is 0 Å². The smallest absolute Gasteiger partial charge is 0.292 e. The molecule has 1 aliphatic heterocycles. The molecule has 1 atom stereocenters. The first-order chi connectivity index (χ1) is 6.75. The molecule has 0 spiro atoms. The van der Waals surface area contributed by atoms with Gasteiger partial charge in [-0.2, -0.15) is 4.99 Å². The number of hydrogen-bond acceptors (Lipinski definition) is 2. The highest BCUT2D eigenvalue weighted by molar-refractivity contribution is 5.78. The molecule has 3 heteroatoms. The lowest BCUT2D eigenvalue weighted by Crippen LogP contribution is -2.19. The summed E-state index contributed by atoms with van der Waals surface area (Å²) in [4.78, 5) is 6.44. The monoisotopic (exact) mass is 190 g/mol. The Kier molecular flexibility index (Phi) is 2.39. The highest BCUT2D eigenvalue weighted by Crippen LogP contribution is 2.15. The van der Waals surface area contributed by atoms with Gasteiger partial charge in [-0.15, -0.1) is 0 Å². The second-order valence-corrected chi connectivity index (χ2v) is 3.54. The average Bonchev–Trinajstić information content (AvgIpc) is 2.47. The molecule has 14 heavy (non-hydrogen) atoms. The zero-order valence-electron chi connectivity index (χ0n) is 8.47. The van der Waals surface area contributed by atoms with Crippen molar-refractivity contribution in [2.24, 2.45) is 4.99 Å². The van der Waals surface area contributed by atoms with E-state index in [0.29, 0.717) is 6.02 Å². The minimum Gasteiger partial charge on any atom is -0.460 e. The van der Waals surface area contributed by atoms with Crippen molar-refractivity contribution in [1.29, 1.82) is 0 Å². The van der Waals surface area contributed by atoms with Gasteiger partial charge in [0.25, 0.3) is 6.02 Å². The summed E-state index contributed by atoms with van der Waals surface area (Å²) in [6.07, 6.45) is 0.238. The molecule has 1 aromatic carbocycles. The maximum Gasteiger partial charge on any atom is 0.292 e. The molecule has 0 aromatic heterocycles. The van der Waals surface area contributed by atoms with Crippen LogP contribution in [0, 0.1) is 0 Å². The van der Waals surface area contributed by atoms with E-state index >= 15 is 0 Å². The van der Waals surface area contributed by atoms with Crippen LogP contribution in [-0.4, -0.2) is 30.6 Å². The van der Waals surface area contributed by atoms with Gasteiger partial charge in [-0.1, -0.05) is 18.2 Å². The lowest BCUT2D eigenvalue weighted by molar-refractivity contribution is 0.251. The third kappa shape index (κ3) is 1.87. The summed E-state index contributed by atoms with van der Waals surface area (Å²) in [5.74, 6) is 0. The molecule has 0 amide bonds. The van der Waals surface area contributed by atoms with Gasteiger partial charge in [-0.3, -0.25) is 0 Å². The predicted octanol–water partition coefficient (Wildman–Crippen LogP) is 2.02. The normalized spacial score (nSPS) is 24.0. The number of benzene rings is 1. The summed E-state index contributed by atoms with van der Waals surface area (Å²) in [5.41, 5.74) is 0.934. The van der Waals surface area contributed by atoms with E-state index < -0.39 is 0 Å². The zero-order valence-corrected chi connectivity index (χ0v) is 8.47. The molecule has 0 radical (unpaired) electrons. The molecule has 0 aliphatic carbocycles. The fraction of sp³-hybridized carbons (Fsp3) is 0.364. The number of hydrogen-bond donors (Lipinski definition) is 0. The molecular formula is C11H14N2O. The summed E-state index contributed by atoms with van der Waals surface area (Å²) in [5, 5.41) is 0. The fourth-order valence-electron chi connectivity index (χ4n) is 1.50. The third-order valence-corrected chi connectivity index (χ3v) is 2.15. The quantitative estimate of drug-likeness (QED) is 0.676.